The third kappa shape index (κ3) is 5.44. The van der Waals surface area contributed by atoms with Crippen molar-refractivity contribution in [1.29, 1.82) is 0 Å². The molecular weight excluding hydrogens is 795 g/mol. The molecule has 0 spiro atoms. The number of rotatable bonds is 5. The van der Waals surface area contributed by atoms with Crippen molar-refractivity contribution < 1.29 is 4.74 Å². The molecule has 10 aromatic carbocycles. The van der Waals surface area contributed by atoms with Crippen LogP contribution in [-0.4, -0.2) is 24.1 Å². The van der Waals surface area contributed by atoms with Gasteiger partial charge in [-0.05, 0) is 87.4 Å². The van der Waals surface area contributed by atoms with Crippen LogP contribution in [0.3, 0.4) is 0 Å². The Morgan fingerprint density at radius 2 is 0.954 bits per heavy atom. The molecule has 0 atom stereocenters. The Morgan fingerprint density at radius 1 is 0.323 bits per heavy atom. The van der Waals surface area contributed by atoms with E-state index in [2.05, 4.69) is 197 Å². The van der Waals surface area contributed by atoms with Crippen LogP contribution < -0.4 is 4.74 Å². The first-order valence-corrected chi connectivity index (χ1v) is 21.9. The Labute approximate surface area is 372 Å². The molecule has 14 rings (SSSR count). The molecule has 1 aliphatic heterocycles. The molecule has 0 fully saturated rings. The maximum absolute atomic E-state index is 6.69. The summed E-state index contributed by atoms with van der Waals surface area (Å²) < 4.78 is 11.3. The lowest BCUT2D eigenvalue weighted by molar-refractivity contribution is 0.487. The molecule has 0 radical (unpaired) electrons. The van der Waals surface area contributed by atoms with E-state index < -0.39 is 0 Å². The normalized spacial score (nSPS) is 12.1. The van der Waals surface area contributed by atoms with Crippen molar-refractivity contribution in [3.05, 3.63) is 212 Å². The Morgan fingerprint density at radius 3 is 1.80 bits per heavy atom. The minimum atomic E-state index is 0.571. The number of hydrogen-bond donors (Lipinski definition) is 0. The minimum Gasteiger partial charge on any atom is -0.456 e. The Balaban J connectivity index is 0.980. The van der Waals surface area contributed by atoms with E-state index in [4.69, 9.17) is 19.7 Å². The largest absolute Gasteiger partial charge is 0.456 e. The summed E-state index contributed by atoms with van der Waals surface area (Å²) in [7, 11) is 0. The lowest BCUT2D eigenvalue weighted by Gasteiger charge is -2.22. The lowest BCUT2D eigenvalue weighted by Crippen LogP contribution is -2.06. The highest BCUT2D eigenvalue weighted by atomic mass is 16.5. The van der Waals surface area contributed by atoms with Gasteiger partial charge >= 0.3 is 0 Å². The van der Waals surface area contributed by atoms with Gasteiger partial charge in [0, 0.05) is 55.4 Å². The zero-order valence-electron chi connectivity index (χ0n) is 34.9. The fourth-order valence-electron chi connectivity index (χ4n) is 10.2. The first-order valence-electron chi connectivity index (χ1n) is 21.9. The number of nitrogens with zero attached hydrogens (tertiary/aromatic N) is 5. The molecule has 65 heavy (non-hydrogen) atoms. The third-order valence-electron chi connectivity index (χ3n) is 13.1. The van der Waals surface area contributed by atoms with Gasteiger partial charge in [0.2, 0.25) is 5.95 Å². The zero-order chi connectivity index (χ0) is 42.6. The van der Waals surface area contributed by atoms with Crippen LogP contribution in [0.2, 0.25) is 0 Å². The van der Waals surface area contributed by atoms with Gasteiger partial charge in [0.05, 0.1) is 22.1 Å². The number of benzene rings is 10. The van der Waals surface area contributed by atoms with Gasteiger partial charge in [-0.15, -0.1) is 0 Å². The van der Waals surface area contributed by atoms with Gasteiger partial charge in [0.25, 0.3) is 0 Å². The quantitative estimate of drug-likeness (QED) is 0.173. The Hall–Kier alpha value is -8.87. The summed E-state index contributed by atoms with van der Waals surface area (Å²) >= 11 is 0. The summed E-state index contributed by atoms with van der Waals surface area (Å²) in [6.45, 7) is 0. The Kier molecular flexibility index (Phi) is 7.59. The molecular formula is C59H35N5O. The van der Waals surface area contributed by atoms with Gasteiger partial charge in [-0.25, -0.2) is 4.98 Å². The van der Waals surface area contributed by atoms with Crippen LogP contribution in [0.1, 0.15) is 0 Å². The number of para-hydroxylation sites is 3. The molecule has 0 saturated carbocycles. The molecule has 4 heterocycles. The van der Waals surface area contributed by atoms with Crippen LogP contribution in [0.5, 0.6) is 11.5 Å². The molecule has 0 bridgehead atoms. The van der Waals surface area contributed by atoms with E-state index in [0.717, 1.165) is 88.6 Å². The average molecular weight is 830 g/mol. The van der Waals surface area contributed by atoms with E-state index in [9.17, 15) is 0 Å². The second-order valence-electron chi connectivity index (χ2n) is 16.8. The summed E-state index contributed by atoms with van der Waals surface area (Å²) in [5.74, 6) is 3.57. The van der Waals surface area contributed by atoms with Crippen LogP contribution in [0, 0.1) is 0 Å². The predicted octanol–water partition coefficient (Wildman–Crippen LogP) is 15.1. The second kappa shape index (κ2) is 13.8. The number of fused-ring (bicyclic) bond motifs is 10. The van der Waals surface area contributed by atoms with Crippen molar-refractivity contribution in [2.24, 2.45) is 0 Å². The van der Waals surface area contributed by atoms with E-state index in [0.29, 0.717) is 17.6 Å². The molecule has 0 saturated heterocycles. The highest BCUT2D eigenvalue weighted by Gasteiger charge is 2.25. The van der Waals surface area contributed by atoms with Crippen molar-refractivity contribution >= 4 is 65.2 Å². The first kappa shape index (κ1) is 35.7. The predicted molar refractivity (Wildman–Crippen MR) is 265 cm³/mol. The molecule has 6 heteroatoms. The van der Waals surface area contributed by atoms with Crippen molar-refractivity contribution in [1.82, 2.24) is 24.1 Å². The van der Waals surface area contributed by atoms with Crippen molar-refractivity contribution in [2.45, 2.75) is 0 Å². The van der Waals surface area contributed by atoms with Crippen LogP contribution in [0.15, 0.2) is 212 Å². The molecule has 3 aromatic heterocycles. The van der Waals surface area contributed by atoms with Crippen LogP contribution >= 0.6 is 0 Å². The summed E-state index contributed by atoms with van der Waals surface area (Å²) in [5, 5.41) is 9.27. The zero-order valence-corrected chi connectivity index (χ0v) is 34.9. The Bertz CT molecular complexity index is 4090. The molecule has 0 aliphatic carbocycles. The molecule has 13 aromatic rings. The van der Waals surface area contributed by atoms with E-state index in [1.165, 1.54) is 27.1 Å². The maximum atomic E-state index is 6.69. The fourth-order valence-corrected chi connectivity index (χ4v) is 10.2. The summed E-state index contributed by atoms with van der Waals surface area (Å²) in [4.78, 5) is 15.5. The van der Waals surface area contributed by atoms with Crippen molar-refractivity contribution in [2.75, 3.05) is 0 Å². The summed E-state index contributed by atoms with van der Waals surface area (Å²) in [5.41, 5.74) is 11.8. The SMILES string of the molecule is c1ccc(-c2nc(-c3ccc4ccccc4c3)nc(-n3c4ccccc4c4cc(-c5ccc6c(c5)c5c7cccc8c7c(cc5n6-c5ccccc5)Oc5ccccc5-8)ccc43)n2)cc1. The smallest absolute Gasteiger partial charge is 0.238 e. The highest BCUT2D eigenvalue weighted by Crippen LogP contribution is 2.51. The molecule has 1 aliphatic rings. The fraction of sp³-hybridized carbons (Fsp3) is 0. The van der Waals surface area contributed by atoms with Crippen molar-refractivity contribution in [3.63, 3.8) is 0 Å². The molecule has 6 nitrogen and oxygen atoms in total. The highest BCUT2D eigenvalue weighted by molar-refractivity contribution is 6.26. The van der Waals surface area contributed by atoms with Gasteiger partial charge < -0.3 is 9.30 Å². The topological polar surface area (TPSA) is 57.8 Å². The molecule has 0 unspecified atom stereocenters. The lowest BCUT2D eigenvalue weighted by atomic mass is 9.92. The minimum absolute atomic E-state index is 0.571. The van der Waals surface area contributed by atoms with Crippen LogP contribution in [0.25, 0.3) is 122 Å². The van der Waals surface area contributed by atoms with E-state index in [1.54, 1.807) is 0 Å². The van der Waals surface area contributed by atoms with E-state index in [-0.39, 0.29) is 0 Å². The molecule has 302 valence electrons. The third-order valence-corrected chi connectivity index (χ3v) is 13.1. The molecule has 0 N–H and O–H groups in total. The summed E-state index contributed by atoms with van der Waals surface area (Å²) in [6, 6.07) is 75.1. The van der Waals surface area contributed by atoms with Gasteiger partial charge in [-0.1, -0.05) is 152 Å². The van der Waals surface area contributed by atoms with Gasteiger partial charge in [0.15, 0.2) is 11.6 Å². The van der Waals surface area contributed by atoms with Gasteiger partial charge in [-0.3, -0.25) is 4.57 Å². The van der Waals surface area contributed by atoms with E-state index >= 15 is 0 Å². The standard InChI is InChI=1S/C59H35N5O/c1-3-15-37(16-4-1)57-60-58(41-27-26-36-14-7-8-17-38(36)32-41)62-59(61-57)64-49-24-11-9-20-43(49)47-33-39(28-30-50(47)64)40-29-31-51-48(34-40)55-46-23-13-22-45-44-21-10-12-25-53(44)65-54(56(45)46)35-52(55)63(51)42-18-5-2-6-19-42/h1-35H. The first-order chi connectivity index (χ1) is 32.2. The number of ether oxygens (including phenoxy) is 1. The van der Waals surface area contributed by atoms with E-state index in [1.807, 2.05) is 24.3 Å². The van der Waals surface area contributed by atoms with Crippen molar-refractivity contribution in [3.8, 4) is 68.2 Å². The monoisotopic (exact) mass is 829 g/mol. The average Bonchev–Trinajstić information content (AvgIpc) is 3.89. The van der Waals surface area contributed by atoms with Gasteiger partial charge in [-0.2, -0.15) is 9.97 Å². The molecule has 0 amide bonds. The number of aromatic nitrogens is 5. The van der Waals surface area contributed by atoms with Crippen LogP contribution in [0.4, 0.5) is 0 Å². The van der Waals surface area contributed by atoms with Gasteiger partial charge in [0.1, 0.15) is 11.5 Å². The van der Waals surface area contributed by atoms with Crippen LogP contribution in [-0.2, 0) is 0 Å². The second-order valence-corrected chi connectivity index (χ2v) is 16.8. The maximum Gasteiger partial charge on any atom is 0.238 e. The number of hydrogen-bond acceptors (Lipinski definition) is 4. The summed E-state index contributed by atoms with van der Waals surface area (Å²) in [6.07, 6.45) is 0.